The van der Waals surface area contributed by atoms with Gasteiger partial charge in [0.2, 0.25) is 17.7 Å². The van der Waals surface area contributed by atoms with Crippen LogP contribution in [0.3, 0.4) is 0 Å². The van der Waals surface area contributed by atoms with Gasteiger partial charge < -0.3 is 9.47 Å². The summed E-state index contributed by atoms with van der Waals surface area (Å²) in [7, 11) is -0.339. The van der Waals surface area contributed by atoms with Gasteiger partial charge in [-0.05, 0) is 0 Å². The average molecular weight is 411 g/mol. The molecule has 0 aromatic carbocycles. The first-order valence-electron chi connectivity index (χ1n) is 6.36. The molecular formula is C11H12Cl2N6O5S. The van der Waals surface area contributed by atoms with E-state index in [1.165, 1.54) is 27.3 Å². The van der Waals surface area contributed by atoms with E-state index in [1.807, 2.05) is 0 Å². The molecule has 11 nitrogen and oxygen atoms in total. The fourth-order valence-electron chi connectivity index (χ4n) is 1.71. The maximum atomic E-state index is 12.3. The Labute approximate surface area is 152 Å². The van der Waals surface area contributed by atoms with E-state index in [-0.39, 0.29) is 27.9 Å². The van der Waals surface area contributed by atoms with E-state index in [9.17, 15) is 13.2 Å². The summed E-state index contributed by atoms with van der Waals surface area (Å²) in [4.78, 5) is 19.6. The molecule has 2 rings (SSSR count). The predicted molar refractivity (Wildman–Crippen MR) is 87.7 cm³/mol. The number of aryl methyl sites for hydroxylation is 1. The van der Waals surface area contributed by atoms with Crippen molar-refractivity contribution in [3.63, 3.8) is 0 Å². The van der Waals surface area contributed by atoms with E-state index in [0.717, 1.165) is 4.68 Å². The van der Waals surface area contributed by atoms with Crippen LogP contribution in [0.2, 0.25) is 10.2 Å². The number of urea groups is 1. The van der Waals surface area contributed by atoms with Crippen LogP contribution in [0.25, 0.3) is 0 Å². The van der Waals surface area contributed by atoms with Crippen molar-refractivity contribution in [2.75, 3.05) is 19.5 Å². The highest BCUT2D eigenvalue weighted by Crippen LogP contribution is 2.28. The molecule has 2 aromatic heterocycles. The number of nitrogens with one attached hydrogen (secondary N) is 2. The number of halogens is 2. The fraction of sp³-hybridized carbons (Fsp3) is 0.273. The number of ether oxygens (including phenoxy) is 2. The Bertz CT molecular complexity index is 894. The van der Waals surface area contributed by atoms with Crippen LogP contribution in [0, 0.1) is 0 Å². The van der Waals surface area contributed by atoms with Crippen molar-refractivity contribution in [3.8, 4) is 11.8 Å². The van der Waals surface area contributed by atoms with Crippen LogP contribution in [-0.4, -0.2) is 48.4 Å². The van der Waals surface area contributed by atoms with Gasteiger partial charge in [0, 0.05) is 7.05 Å². The van der Waals surface area contributed by atoms with E-state index in [0.29, 0.717) is 0 Å². The van der Waals surface area contributed by atoms with Crippen LogP contribution in [0.1, 0.15) is 0 Å². The molecule has 25 heavy (non-hydrogen) atoms. The highest BCUT2D eigenvalue weighted by molar-refractivity contribution is 7.90. The number of carbonyl (C=O) groups is 1. The predicted octanol–water partition coefficient (Wildman–Crippen LogP) is 1.04. The first-order chi connectivity index (χ1) is 11.7. The molecule has 2 amide bonds. The van der Waals surface area contributed by atoms with Crippen LogP contribution in [-0.2, 0) is 17.1 Å². The molecule has 0 saturated carbocycles. The molecular weight excluding hydrogens is 399 g/mol. The third-order valence-electron chi connectivity index (χ3n) is 2.70. The summed E-state index contributed by atoms with van der Waals surface area (Å²) in [5.41, 5.74) is 0. The van der Waals surface area contributed by atoms with Gasteiger partial charge in [-0.3, -0.25) is 10.00 Å². The van der Waals surface area contributed by atoms with Gasteiger partial charge in [0.05, 0.1) is 20.3 Å². The molecule has 0 fully saturated rings. The number of carbonyl (C=O) groups excluding carboxylic acids is 1. The summed E-state index contributed by atoms with van der Waals surface area (Å²) in [5.74, 6) is -0.0315. The minimum atomic E-state index is -4.35. The number of methoxy groups -OCH3 is 2. The van der Waals surface area contributed by atoms with Crippen LogP contribution >= 0.6 is 23.2 Å². The number of amides is 2. The lowest BCUT2D eigenvalue weighted by Gasteiger charge is -2.09. The minimum Gasteiger partial charge on any atom is -0.481 e. The van der Waals surface area contributed by atoms with Gasteiger partial charge in [0.1, 0.15) is 5.02 Å². The van der Waals surface area contributed by atoms with E-state index in [2.05, 4.69) is 20.4 Å². The van der Waals surface area contributed by atoms with E-state index < -0.39 is 21.1 Å². The monoisotopic (exact) mass is 410 g/mol. The number of sulfonamides is 1. The van der Waals surface area contributed by atoms with E-state index in [1.54, 1.807) is 4.72 Å². The summed E-state index contributed by atoms with van der Waals surface area (Å²) in [6.07, 6.45) is 0. The smallest absolute Gasteiger partial charge is 0.335 e. The molecule has 0 radical (unpaired) electrons. The fourth-order valence-corrected chi connectivity index (χ4v) is 3.55. The second-order valence-corrected chi connectivity index (χ2v) is 6.70. The van der Waals surface area contributed by atoms with Gasteiger partial charge in [-0.25, -0.2) is 9.52 Å². The normalized spacial score (nSPS) is 11.1. The third kappa shape index (κ3) is 4.21. The number of hydrogen-bond donors (Lipinski definition) is 2. The van der Waals surface area contributed by atoms with Gasteiger partial charge >= 0.3 is 6.03 Å². The lowest BCUT2D eigenvalue weighted by atomic mass is 10.6. The van der Waals surface area contributed by atoms with Crippen molar-refractivity contribution in [2.24, 2.45) is 7.05 Å². The summed E-state index contributed by atoms with van der Waals surface area (Å²) >= 11 is 11.5. The molecule has 0 aliphatic rings. The molecule has 2 N–H and O–H groups in total. The second-order valence-electron chi connectivity index (χ2n) is 4.37. The zero-order chi connectivity index (χ0) is 18.8. The maximum absolute atomic E-state index is 12.3. The van der Waals surface area contributed by atoms with Gasteiger partial charge in [0.15, 0.2) is 10.2 Å². The van der Waals surface area contributed by atoms with Crippen molar-refractivity contribution >= 4 is 45.2 Å². The average Bonchev–Trinajstić information content (AvgIpc) is 2.79. The Morgan fingerprint density at radius 2 is 1.76 bits per heavy atom. The SMILES string of the molecule is COc1cc(OC)nc(NC(=O)NS(=O)(=O)c2c(Cl)c(Cl)nn2C)n1. The van der Waals surface area contributed by atoms with Crippen molar-refractivity contribution < 1.29 is 22.7 Å². The van der Waals surface area contributed by atoms with E-state index >= 15 is 0 Å². The summed E-state index contributed by atoms with van der Waals surface area (Å²) in [5, 5.41) is 4.79. The van der Waals surface area contributed by atoms with Gasteiger partial charge in [-0.1, -0.05) is 23.2 Å². The van der Waals surface area contributed by atoms with Crippen LogP contribution in [0.4, 0.5) is 10.7 Å². The molecule has 0 aliphatic carbocycles. The minimum absolute atomic E-state index is 0.103. The van der Waals surface area contributed by atoms with Crippen molar-refractivity contribution in [1.29, 1.82) is 0 Å². The van der Waals surface area contributed by atoms with Crippen molar-refractivity contribution in [1.82, 2.24) is 24.5 Å². The zero-order valence-corrected chi connectivity index (χ0v) is 15.4. The zero-order valence-electron chi connectivity index (χ0n) is 13.1. The van der Waals surface area contributed by atoms with Crippen LogP contribution in [0.5, 0.6) is 11.8 Å². The molecule has 2 heterocycles. The Hall–Kier alpha value is -2.31. The lowest BCUT2D eigenvalue weighted by molar-refractivity contribution is 0.256. The molecule has 0 unspecified atom stereocenters. The number of hydrogen-bond acceptors (Lipinski definition) is 8. The first kappa shape index (κ1) is 19.0. The van der Waals surface area contributed by atoms with Gasteiger partial charge in [0.25, 0.3) is 10.0 Å². The van der Waals surface area contributed by atoms with E-state index in [4.69, 9.17) is 32.7 Å². The quantitative estimate of drug-likeness (QED) is 0.745. The Morgan fingerprint density at radius 3 is 2.20 bits per heavy atom. The summed E-state index contributed by atoms with van der Waals surface area (Å²) in [6.45, 7) is 0. The highest BCUT2D eigenvalue weighted by atomic mass is 35.5. The van der Waals surface area contributed by atoms with Gasteiger partial charge in [-0.2, -0.15) is 23.5 Å². The van der Waals surface area contributed by atoms with Crippen molar-refractivity contribution in [3.05, 3.63) is 16.2 Å². The second kappa shape index (κ2) is 7.29. The Kier molecular flexibility index (Phi) is 5.55. The largest absolute Gasteiger partial charge is 0.481 e. The molecule has 0 atom stereocenters. The lowest BCUT2D eigenvalue weighted by Crippen LogP contribution is -2.36. The highest BCUT2D eigenvalue weighted by Gasteiger charge is 2.28. The molecule has 2 aromatic rings. The maximum Gasteiger partial charge on any atom is 0.335 e. The number of nitrogens with zero attached hydrogens (tertiary/aromatic N) is 4. The van der Waals surface area contributed by atoms with Gasteiger partial charge in [-0.15, -0.1) is 0 Å². The summed E-state index contributed by atoms with van der Waals surface area (Å²) in [6, 6.07) is 0.237. The molecule has 0 spiro atoms. The Morgan fingerprint density at radius 1 is 1.20 bits per heavy atom. The Balaban J connectivity index is 2.22. The number of aromatic nitrogens is 4. The molecule has 0 aliphatic heterocycles. The molecule has 14 heteroatoms. The number of anilines is 1. The summed E-state index contributed by atoms with van der Waals surface area (Å²) < 4.78 is 37.0. The van der Waals surface area contributed by atoms with Crippen LogP contribution < -0.4 is 19.5 Å². The first-order valence-corrected chi connectivity index (χ1v) is 8.60. The number of rotatable bonds is 5. The standard InChI is InChI=1S/C11H12Cl2N6O5S/c1-19-9(7(12)8(13)17-19)25(21,22)18-11(20)16-10-14-5(23-2)4-6(15-10)24-3/h4H,1-3H3,(H2,14,15,16,18,20). The van der Waals surface area contributed by atoms with Crippen LogP contribution in [0.15, 0.2) is 11.1 Å². The third-order valence-corrected chi connectivity index (χ3v) is 4.97. The topological polar surface area (TPSA) is 137 Å². The molecule has 136 valence electrons. The van der Waals surface area contributed by atoms with Crippen molar-refractivity contribution in [2.45, 2.75) is 5.03 Å². The molecule has 0 bridgehead atoms. The molecule has 0 saturated heterocycles.